The van der Waals surface area contributed by atoms with Gasteiger partial charge in [0, 0.05) is 23.7 Å². The maximum Gasteiger partial charge on any atom is 0.285 e. The molecule has 0 aliphatic carbocycles. The molecule has 1 aromatic carbocycles. The molecule has 0 saturated carbocycles. The van der Waals surface area contributed by atoms with E-state index >= 15 is 0 Å². The van der Waals surface area contributed by atoms with E-state index in [-0.39, 0.29) is 4.91 Å². The zero-order chi connectivity index (χ0) is 14.9. The molecule has 1 aromatic rings. The lowest BCUT2D eigenvalue weighted by Crippen LogP contribution is -2.30. The average Bonchev–Trinajstić information content (AvgIpc) is 2.61. The minimum absolute atomic E-state index is 0.252. The molecule has 0 atom stereocenters. The molecule has 1 aliphatic rings. The van der Waals surface area contributed by atoms with Gasteiger partial charge in [0.25, 0.3) is 10.0 Å². The summed E-state index contributed by atoms with van der Waals surface area (Å²) < 4.78 is 28.6. The summed E-state index contributed by atoms with van der Waals surface area (Å²) in [5.41, 5.74) is 1.26. The molecule has 0 spiro atoms. The van der Waals surface area contributed by atoms with Crippen molar-refractivity contribution in [3.63, 3.8) is 0 Å². The SMILES string of the molecule is CCN(CC)C1=NS(=O)(=O)C(c2cccc(Cl)c2)=C1C. The summed E-state index contributed by atoms with van der Waals surface area (Å²) in [6, 6.07) is 6.85. The first-order valence-corrected chi connectivity index (χ1v) is 8.29. The Balaban J connectivity index is 2.59. The Morgan fingerprint density at radius 2 is 1.90 bits per heavy atom. The maximum atomic E-state index is 12.3. The summed E-state index contributed by atoms with van der Waals surface area (Å²) in [5, 5.41) is 0.509. The van der Waals surface area contributed by atoms with Gasteiger partial charge in [-0.25, -0.2) is 0 Å². The molecule has 1 aliphatic heterocycles. The normalized spacial score (nSPS) is 17.3. The predicted molar refractivity (Wildman–Crippen MR) is 83.3 cm³/mol. The molecule has 108 valence electrons. The van der Waals surface area contributed by atoms with E-state index in [0.29, 0.717) is 35.1 Å². The average molecular weight is 313 g/mol. The second kappa shape index (κ2) is 5.58. The molecular weight excluding hydrogens is 296 g/mol. The third kappa shape index (κ3) is 2.60. The van der Waals surface area contributed by atoms with Crippen LogP contribution in [0.25, 0.3) is 4.91 Å². The Bertz CT molecular complexity index is 689. The fourth-order valence-corrected chi connectivity index (χ4v) is 4.00. The van der Waals surface area contributed by atoms with Crippen LogP contribution < -0.4 is 0 Å². The summed E-state index contributed by atoms with van der Waals surface area (Å²) in [7, 11) is -3.65. The van der Waals surface area contributed by atoms with Gasteiger partial charge >= 0.3 is 0 Å². The third-order valence-corrected chi connectivity index (χ3v) is 5.00. The quantitative estimate of drug-likeness (QED) is 0.861. The van der Waals surface area contributed by atoms with Gasteiger partial charge in [-0.05, 0) is 38.5 Å². The van der Waals surface area contributed by atoms with E-state index in [0.717, 1.165) is 0 Å². The highest BCUT2D eigenvalue weighted by molar-refractivity contribution is 8.00. The van der Waals surface area contributed by atoms with Gasteiger partial charge in [-0.15, -0.1) is 4.40 Å². The highest BCUT2D eigenvalue weighted by Gasteiger charge is 2.32. The smallest absolute Gasteiger partial charge is 0.285 e. The molecule has 2 rings (SSSR count). The minimum Gasteiger partial charge on any atom is -0.356 e. The lowest BCUT2D eigenvalue weighted by molar-refractivity contribution is 0.467. The van der Waals surface area contributed by atoms with E-state index in [4.69, 9.17) is 11.6 Å². The van der Waals surface area contributed by atoms with Crippen LogP contribution in [0.5, 0.6) is 0 Å². The van der Waals surface area contributed by atoms with Crippen LogP contribution in [-0.4, -0.2) is 32.2 Å². The van der Waals surface area contributed by atoms with Crippen molar-refractivity contribution in [2.45, 2.75) is 20.8 Å². The second-order valence-electron chi connectivity index (χ2n) is 4.53. The van der Waals surface area contributed by atoms with Crippen LogP contribution in [-0.2, 0) is 10.0 Å². The van der Waals surface area contributed by atoms with Gasteiger partial charge in [-0.2, -0.15) is 8.42 Å². The van der Waals surface area contributed by atoms with Gasteiger partial charge in [-0.3, -0.25) is 0 Å². The number of rotatable bonds is 3. The van der Waals surface area contributed by atoms with Crippen molar-refractivity contribution >= 4 is 32.4 Å². The molecule has 0 radical (unpaired) electrons. The number of hydrogen-bond acceptors (Lipinski definition) is 3. The monoisotopic (exact) mass is 312 g/mol. The van der Waals surface area contributed by atoms with Crippen molar-refractivity contribution < 1.29 is 8.42 Å². The molecule has 20 heavy (non-hydrogen) atoms. The summed E-state index contributed by atoms with van der Waals surface area (Å²) >= 11 is 5.95. The molecule has 6 heteroatoms. The molecule has 0 unspecified atom stereocenters. The molecule has 0 fully saturated rings. The maximum absolute atomic E-state index is 12.3. The fourth-order valence-electron chi connectivity index (χ4n) is 2.34. The Labute approximate surface area is 124 Å². The summed E-state index contributed by atoms with van der Waals surface area (Å²) in [4.78, 5) is 2.19. The number of nitrogens with zero attached hydrogens (tertiary/aromatic N) is 2. The van der Waals surface area contributed by atoms with E-state index in [1.807, 2.05) is 18.7 Å². The fraction of sp³-hybridized carbons (Fsp3) is 0.357. The van der Waals surface area contributed by atoms with Crippen LogP contribution >= 0.6 is 11.6 Å². The van der Waals surface area contributed by atoms with Crippen LogP contribution in [0.1, 0.15) is 26.3 Å². The number of hydrogen-bond donors (Lipinski definition) is 0. The minimum atomic E-state index is -3.65. The van der Waals surface area contributed by atoms with Crippen molar-refractivity contribution in [2.24, 2.45) is 4.40 Å². The van der Waals surface area contributed by atoms with Crippen LogP contribution in [0.2, 0.25) is 5.02 Å². The first kappa shape index (κ1) is 15.1. The van der Waals surface area contributed by atoms with Gasteiger partial charge in [-0.1, -0.05) is 23.7 Å². The van der Waals surface area contributed by atoms with Crippen molar-refractivity contribution in [3.05, 3.63) is 40.4 Å². The molecule has 1 heterocycles. The summed E-state index contributed by atoms with van der Waals surface area (Å²) in [6.07, 6.45) is 0. The van der Waals surface area contributed by atoms with Crippen LogP contribution in [0.3, 0.4) is 0 Å². The predicted octanol–water partition coefficient (Wildman–Crippen LogP) is 3.15. The number of halogens is 1. The number of amidine groups is 1. The number of benzene rings is 1. The lowest BCUT2D eigenvalue weighted by Gasteiger charge is -2.20. The Hall–Kier alpha value is -1.33. The topological polar surface area (TPSA) is 49.7 Å². The first-order chi connectivity index (χ1) is 9.40. The third-order valence-electron chi connectivity index (χ3n) is 3.29. The van der Waals surface area contributed by atoms with E-state index in [2.05, 4.69) is 4.40 Å². The lowest BCUT2D eigenvalue weighted by atomic mass is 10.1. The largest absolute Gasteiger partial charge is 0.356 e. The van der Waals surface area contributed by atoms with Crippen molar-refractivity contribution in [1.82, 2.24) is 4.90 Å². The second-order valence-corrected chi connectivity index (χ2v) is 6.50. The highest BCUT2D eigenvalue weighted by Crippen LogP contribution is 2.34. The summed E-state index contributed by atoms with van der Waals surface area (Å²) in [5.74, 6) is 0.532. The van der Waals surface area contributed by atoms with E-state index < -0.39 is 10.0 Å². The van der Waals surface area contributed by atoms with E-state index in [1.165, 1.54) is 0 Å². The highest BCUT2D eigenvalue weighted by atomic mass is 35.5. The van der Waals surface area contributed by atoms with Crippen molar-refractivity contribution in [1.29, 1.82) is 0 Å². The Kier molecular flexibility index (Phi) is 4.20. The van der Waals surface area contributed by atoms with Gasteiger partial charge in [0.05, 0.1) is 0 Å². The van der Waals surface area contributed by atoms with Crippen molar-refractivity contribution in [2.75, 3.05) is 13.1 Å². The molecule has 0 aromatic heterocycles. The summed E-state index contributed by atoms with van der Waals surface area (Å²) in [6.45, 7) is 7.17. The molecule has 0 amide bonds. The molecule has 4 nitrogen and oxygen atoms in total. The van der Waals surface area contributed by atoms with Crippen LogP contribution in [0.15, 0.2) is 34.2 Å². The number of sulfonamides is 1. The molecular formula is C14H17ClN2O2S. The van der Waals surface area contributed by atoms with Gasteiger partial charge in [0.15, 0.2) is 0 Å². The van der Waals surface area contributed by atoms with E-state index in [9.17, 15) is 8.42 Å². The zero-order valence-electron chi connectivity index (χ0n) is 11.7. The zero-order valence-corrected chi connectivity index (χ0v) is 13.3. The Morgan fingerprint density at radius 3 is 2.45 bits per heavy atom. The molecule has 0 N–H and O–H groups in total. The number of likely N-dealkylation sites (N-methyl/N-ethyl adjacent to an activating group) is 1. The molecule has 0 saturated heterocycles. The van der Waals surface area contributed by atoms with Gasteiger partial charge < -0.3 is 4.90 Å². The first-order valence-electron chi connectivity index (χ1n) is 6.47. The van der Waals surface area contributed by atoms with E-state index in [1.54, 1.807) is 31.2 Å². The van der Waals surface area contributed by atoms with Gasteiger partial charge in [0.2, 0.25) is 0 Å². The molecule has 0 bridgehead atoms. The Morgan fingerprint density at radius 1 is 1.25 bits per heavy atom. The van der Waals surface area contributed by atoms with Crippen LogP contribution in [0.4, 0.5) is 0 Å². The standard InChI is InChI=1S/C14H17ClN2O2S/c1-4-17(5-2)14-10(3)13(20(18,19)16-14)11-7-6-8-12(15)9-11/h6-9H,4-5H2,1-3H3. The van der Waals surface area contributed by atoms with Crippen LogP contribution in [0, 0.1) is 0 Å². The van der Waals surface area contributed by atoms with Crippen molar-refractivity contribution in [3.8, 4) is 0 Å². The van der Waals surface area contributed by atoms with Gasteiger partial charge in [0.1, 0.15) is 10.7 Å².